The van der Waals surface area contributed by atoms with Gasteiger partial charge in [0.15, 0.2) is 0 Å². The lowest BCUT2D eigenvalue weighted by Gasteiger charge is -2.28. The number of anilines is 1. The van der Waals surface area contributed by atoms with Gasteiger partial charge in [0.25, 0.3) is 5.56 Å². The zero-order chi connectivity index (χ0) is 19.5. The topological polar surface area (TPSA) is 84.2 Å². The molecule has 0 saturated heterocycles. The highest BCUT2D eigenvalue weighted by atomic mass is 16.5. The number of rotatable bonds is 5. The second-order valence-electron chi connectivity index (χ2n) is 6.96. The quantitative estimate of drug-likeness (QED) is 0.669. The van der Waals surface area contributed by atoms with E-state index in [4.69, 9.17) is 15.5 Å². The van der Waals surface area contributed by atoms with Gasteiger partial charge >= 0.3 is 0 Å². The maximum absolute atomic E-state index is 12.6. The molecule has 0 atom stereocenters. The Bertz CT molecular complexity index is 1030. The Labute approximate surface area is 164 Å². The van der Waals surface area contributed by atoms with Crippen LogP contribution in [0.3, 0.4) is 0 Å². The van der Waals surface area contributed by atoms with Crippen LogP contribution in [-0.4, -0.2) is 28.0 Å². The molecule has 2 heterocycles. The van der Waals surface area contributed by atoms with Crippen LogP contribution in [0.25, 0.3) is 11.4 Å². The van der Waals surface area contributed by atoms with E-state index in [1.54, 1.807) is 0 Å². The lowest BCUT2D eigenvalue weighted by molar-refractivity contribution is 0.234. The highest BCUT2D eigenvalue weighted by Crippen LogP contribution is 2.24. The van der Waals surface area contributed by atoms with Crippen molar-refractivity contribution in [2.24, 2.45) is 0 Å². The number of benzene rings is 2. The summed E-state index contributed by atoms with van der Waals surface area (Å²) in [5.74, 6) is 1.50. The van der Waals surface area contributed by atoms with Crippen LogP contribution >= 0.6 is 0 Å². The fraction of sp³-hybridized carbons (Fsp3) is 0.273. The number of hydrogen-bond donors (Lipinski definition) is 2. The number of hydrogen-bond acceptors (Lipinski definition) is 5. The van der Waals surface area contributed by atoms with E-state index in [2.05, 4.69) is 16.0 Å². The van der Waals surface area contributed by atoms with Crippen LogP contribution in [0, 0.1) is 0 Å². The molecule has 0 bridgehead atoms. The third kappa shape index (κ3) is 3.77. The molecule has 144 valence electrons. The highest BCUT2D eigenvalue weighted by molar-refractivity contribution is 5.58. The number of H-pyrrole nitrogens is 1. The molecular formula is C22H24N4O2. The number of nitrogen functional groups attached to an aromatic ring is 1. The van der Waals surface area contributed by atoms with Gasteiger partial charge in [0.05, 0.1) is 12.3 Å². The molecular weight excluding hydrogens is 352 g/mol. The summed E-state index contributed by atoms with van der Waals surface area (Å²) < 4.78 is 5.75. The van der Waals surface area contributed by atoms with Crippen LogP contribution in [0.4, 0.5) is 5.69 Å². The van der Waals surface area contributed by atoms with Crippen LogP contribution in [-0.2, 0) is 19.5 Å². The standard InChI is InChI=1S/C22H24N4O2/c1-2-28-20-6-4-3-5-16(20)13-26-12-11-18-19(14-26)24-21(25-22(18)27)15-7-9-17(23)10-8-15/h3-10H,2,11-14,23H2,1H3,(H,24,25,27). The molecule has 0 radical (unpaired) electrons. The fourth-order valence-corrected chi connectivity index (χ4v) is 3.58. The van der Waals surface area contributed by atoms with E-state index < -0.39 is 0 Å². The van der Waals surface area contributed by atoms with Gasteiger partial charge in [-0.1, -0.05) is 18.2 Å². The van der Waals surface area contributed by atoms with Gasteiger partial charge in [0.2, 0.25) is 0 Å². The van der Waals surface area contributed by atoms with Crippen molar-refractivity contribution in [3.63, 3.8) is 0 Å². The van der Waals surface area contributed by atoms with E-state index in [9.17, 15) is 4.79 Å². The summed E-state index contributed by atoms with van der Waals surface area (Å²) in [4.78, 5) is 22.5. The number of para-hydroxylation sites is 1. The minimum atomic E-state index is -0.0498. The molecule has 3 aromatic rings. The summed E-state index contributed by atoms with van der Waals surface area (Å²) in [5.41, 5.74) is 10.0. The first kappa shape index (κ1) is 18.3. The number of nitrogens with two attached hydrogens (primary N) is 1. The summed E-state index contributed by atoms with van der Waals surface area (Å²) in [5, 5.41) is 0. The number of nitrogens with one attached hydrogen (secondary N) is 1. The minimum absolute atomic E-state index is 0.0498. The van der Waals surface area contributed by atoms with Crippen LogP contribution in [0.5, 0.6) is 5.75 Å². The van der Waals surface area contributed by atoms with Crippen LogP contribution in [0.2, 0.25) is 0 Å². The molecule has 6 heteroatoms. The number of aromatic nitrogens is 2. The minimum Gasteiger partial charge on any atom is -0.494 e. The second-order valence-corrected chi connectivity index (χ2v) is 6.96. The lowest BCUT2D eigenvalue weighted by Crippen LogP contribution is -2.35. The molecule has 6 nitrogen and oxygen atoms in total. The van der Waals surface area contributed by atoms with Crippen molar-refractivity contribution in [3.05, 3.63) is 75.7 Å². The average Bonchev–Trinajstić information content (AvgIpc) is 2.70. The maximum atomic E-state index is 12.6. The van der Waals surface area contributed by atoms with Crippen LogP contribution in [0.15, 0.2) is 53.3 Å². The Kier molecular flexibility index (Phi) is 5.12. The second kappa shape index (κ2) is 7.86. The molecule has 3 N–H and O–H groups in total. The molecule has 1 aromatic heterocycles. The normalized spacial score (nSPS) is 13.9. The monoisotopic (exact) mass is 376 g/mol. The van der Waals surface area contributed by atoms with Gasteiger partial charge in [0.1, 0.15) is 11.6 Å². The molecule has 0 fully saturated rings. The van der Waals surface area contributed by atoms with Gasteiger partial charge < -0.3 is 15.5 Å². The van der Waals surface area contributed by atoms with Crippen molar-refractivity contribution in [2.45, 2.75) is 26.4 Å². The summed E-state index contributed by atoms with van der Waals surface area (Å²) in [6.07, 6.45) is 0.691. The van der Waals surface area contributed by atoms with E-state index in [1.165, 1.54) is 0 Å². The van der Waals surface area contributed by atoms with Crippen molar-refractivity contribution in [1.82, 2.24) is 14.9 Å². The Morgan fingerprint density at radius 3 is 2.75 bits per heavy atom. The van der Waals surface area contributed by atoms with E-state index in [-0.39, 0.29) is 5.56 Å². The molecule has 1 aliphatic heterocycles. The third-order valence-corrected chi connectivity index (χ3v) is 5.00. The Hall–Kier alpha value is -3.12. The van der Waals surface area contributed by atoms with Gasteiger partial charge in [-0.15, -0.1) is 0 Å². The van der Waals surface area contributed by atoms with Gasteiger partial charge in [0, 0.05) is 42.0 Å². The van der Waals surface area contributed by atoms with Gasteiger partial charge in [-0.05, 0) is 43.7 Å². The van der Waals surface area contributed by atoms with Crippen molar-refractivity contribution in [1.29, 1.82) is 0 Å². The Morgan fingerprint density at radius 2 is 1.96 bits per heavy atom. The smallest absolute Gasteiger partial charge is 0.254 e. The molecule has 28 heavy (non-hydrogen) atoms. The molecule has 0 spiro atoms. The molecule has 0 amide bonds. The van der Waals surface area contributed by atoms with Gasteiger partial charge in [-0.3, -0.25) is 9.69 Å². The first-order valence-corrected chi connectivity index (χ1v) is 9.55. The number of fused-ring (bicyclic) bond motifs is 1. The summed E-state index contributed by atoms with van der Waals surface area (Å²) >= 11 is 0. The third-order valence-electron chi connectivity index (χ3n) is 5.00. The number of nitrogens with zero attached hydrogens (tertiary/aromatic N) is 2. The van der Waals surface area contributed by atoms with Crippen LogP contribution in [0.1, 0.15) is 23.7 Å². The first-order chi connectivity index (χ1) is 13.6. The summed E-state index contributed by atoms with van der Waals surface area (Å²) in [7, 11) is 0. The number of aromatic amines is 1. The van der Waals surface area contributed by atoms with E-state index in [0.29, 0.717) is 31.1 Å². The van der Waals surface area contributed by atoms with Crippen molar-refractivity contribution >= 4 is 5.69 Å². The molecule has 0 aliphatic carbocycles. The number of ether oxygens (including phenoxy) is 1. The molecule has 0 saturated carbocycles. The molecule has 2 aromatic carbocycles. The van der Waals surface area contributed by atoms with Crippen molar-refractivity contribution < 1.29 is 4.74 Å². The molecule has 4 rings (SSSR count). The predicted octanol–water partition coefficient (Wildman–Crippen LogP) is 2.98. The SMILES string of the molecule is CCOc1ccccc1CN1CCc2c(nc(-c3ccc(N)cc3)[nH]c2=O)C1. The van der Waals surface area contributed by atoms with Gasteiger partial charge in [-0.25, -0.2) is 4.98 Å². The zero-order valence-corrected chi connectivity index (χ0v) is 15.9. The Morgan fingerprint density at radius 1 is 1.18 bits per heavy atom. The van der Waals surface area contributed by atoms with Crippen molar-refractivity contribution in [3.8, 4) is 17.1 Å². The maximum Gasteiger partial charge on any atom is 0.254 e. The van der Waals surface area contributed by atoms with Crippen LogP contribution < -0.4 is 16.0 Å². The summed E-state index contributed by atoms with van der Waals surface area (Å²) in [6.45, 7) is 4.85. The fourth-order valence-electron chi connectivity index (χ4n) is 3.58. The van der Waals surface area contributed by atoms with E-state index in [0.717, 1.165) is 41.2 Å². The zero-order valence-electron chi connectivity index (χ0n) is 15.9. The highest BCUT2D eigenvalue weighted by Gasteiger charge is 2.22. The molecule has 1 aliphatic rings. The van der Waals surface area contributed by atoms with E-state index in [1.807, 2.05) is 49.4 Å². The van der Waals surface area contributed by atoms with Crippen molar-refractivity contribution in [2.75, 3.05) is 18.9 Å². The first-order valence-electron chi connectivity index (χ1n) is 9.55. The lowest BCUT2D eigenvalue weighted by atomic mass is 10.0. The average molecular weight is 376 g/mol. The largest absolute Gasteiger partial charge is 0.494 e. The predicted molar refractivity (Wildman–Crippen MR) is 110 cm³/mol. The van der Waals surface area contributed by atoms with Gasteiger partial charge in [-0.2, -0.15) is 0 Å². The Balaban J connectivity index is 1.59. The molecule has 0 unspecified atom stereocenters. The summed E-state index contributed by atoms with van der Waals surface area (Å²) in [6, 6.07) is 15.5. The van der Waals surface area contributed by atoms with E-state index >= 15 is 0 Å².